The van der Waals surface area contributed by atoms with Gasteiger partial charge in [0.25, 0.3) is 5.56 Å². The zero-order valence-corrected chi connectivity index (χ0v) is 10.8. The first-order valence-electron chi connectivity index (χ1n) is 5.98. The van der Waals surface area contributed by atoms with Crippen molar-refractivity contribution in [2.75, 3.05) is 30.8 Å². The van der Waals surface area contributed by atoms with Crippen LogP contribution in [0.25, 0.3) is 0 Å². The monoisotopic (exact) mass is 256 g/mol. The van der Waals surface area contributed by atoms with Crippen LogP contribution >= 0.6 is 0 Å². The fraction of sp³-hybridized carbons (Fsp3) is 0.636. The summed E-state index contributed by atoms with van der Waals surface area (Å²) in [7, 11) is 1.50. The molecule has 0 fully saturated rings. The van der Waals surface area contributed by atoms with E-state index >= 15 is 0 Å². The summed E-state index contributed by atoms with van der Waals surface area (Å²) < 4.78 is 6.50. The Kier molecular flexibility index (Phi) is 5.44. The number of nitrogens with two attached hydrogens (primary N) is 1. The van der Waals surface area contributed by atoms with E-state index in [0.29, 0.717) is 13.2 Å². The smallest absolute Gasteiger partial charge is 0.329 e. The lowest BCUT2D eigenvalue weighted by atomic mass is 10.4. The van der Waals surface area contributed by atoms with Gasteiger partial charge in [-0.05, 0) is 12.8 Å². The van der Waals surface area contributed by atoms with E-state index in [1.807, 2.05) is 6.92 Å². The predicted octanol–water partition coefficient (Wildman–Crippen LogP) is -0.116. The molecular weight excluding hydrogens is 236 g/mol. The second kappa shape index (κ2) is 6.85. The lowest BCUT2D eigenvalue weighted by Gasteiger charge is -2.10. The van der Waals surface area contributed by atoms with Gasteiger partial charge in [-0.3, -0.25) is 14.3 Å². The highest BCUT2D eigenvalue weighted by Crippen LogP contribution is 2.07. The first-order chi connectivity index (χ1) is 8.57. The quantitative estimate of drug-likeness (QED) is 0.590. The van der Waals surface area contributed by atoms with Crippen LogP contribution in [-0.4, -0.2) is 29.3 Å². The number of H-pyrrole nitrogens is 1. The molecule has 0 aliphatic rings. The molecule has 0 spiro atoms. The Hall–Kier alpha value is -1.76. The molecule has 1 aromatic heterocycles. The molecule has 0 aliphatic carbocycles. The number of nitrogens with one attached hydrogen (secondary N) is 2. The summed E-state index contributed by atoms with van der Waals surface area (Å²) in [6, 6.07) is 0. The fourth-order valence-corrected chi connectivity index (χ4v) is 1.44. The molecule has 0 aromatic carbocycles. The van der Waals surface area contributed by atoms with Crippen LogP contribution in [0, 0.1) is 0 Å². The van der Waals surface area contributed by atoms with Gasteiger partial charge in [-0.15, -0.1) is 0 Å². The van der Waals surface area contributed by atoms with E-state index in [1.54, 1.807) is 0 Å². The molecule has 1 aromatic rings. The Balaban J connectivity index is 2.55. The third-order valence-corrected chi connectivity index (χ3v) is 2.49. The molecule has 0 bridgehead atoms. The van der Waals surface area contributed by atoms with Crippen molar-refractivity contribution >= 4 is 11.5 Å². The van der Waals surface area contributed by atoms with Gasteiger partial charge < -0.3 is 15.8 Å². The molecular formula is C11H20N4O3. The molecule has 0 amide bonds. The molecule has 1 heterocycles. The molecule has 0 unspecified atom stereocenters. The number of rotatable bonds is 7. The van der Waals surface area contributed by atoms with Crippen molar-refractivity contribution in [1.29, 1.82) is 0 Å². The fourth-order valence-electron chi connectivity index (χ4n) is 1.44. The maximum Gasteiger partial charge on any atom is 0.329 e. The summed E-state index contributed by atoms with van der Waals surface area (Å²) >= 11 is 0. The molecule has 7 nitrogen and oxygen atoms in total. The highest BCUT2D eigenvalue weighted by molar-refractivity contribution is 5.60. The normalized spacial score (nSPS) is 10.6. The van der Waals surface area contributed by atoms with Crippen molar-refractivity contribution in [3.05, 3.63) is 20.8 Å². The van der Waals surface area contributed by atoms with E-state index in [1.165, 1.54) is 11.6 Å². The minimum Gasteiger partial charge on any atom is -0.383 e. The number of hydrogen-bond donors (Lipinski definition) is 3. The first kappa shape index (κ1) is 14.3. The van der Waals surface area contributed by atoms with Crippen LogP contribution in [0.5, 0.6) is 0 Å². The van der Waals surface area contributed by atoms with E-state index in [-0.39, 0.29) is 11.5 Å². The van der Waals surface area contributed by atoms with Crippen molar-refractivity contribution in [1.82, 2.24) is 9.55 Å². The summed E-state index contributed by atoms with van der Waals surface area (Å²) in [4.78, 5) is 25.0. The molecule has 7 heteroatoms. The third-order valence-electron chi connectivity index (χ3n) is 2.49. The molecule has 0 radical (unpaired) electrons. The minimum atomic E-state index is -0.519. The van der Waals surface area contributed by atoms with E-state index in [4.69, 9.17) is 10.5 Å². The summed E-state index contributed by atoms with van der Waals surface area (Å²) in [6.07, 6.45) is 1.75. The Bertz CT molecular complexity index is 492. The van der Waals surface area contributed by atoms with E-state index in [2.05, 4.69) is 10.3 Å². The third kappa shape index (κ3) is 3.63. The Labute approximate surface area is 105 Å². The van der Waals surface area contributed by atoms with Crippen LogP contribution in [0.4, 0.5) is 11.5 Å². The summed E-state index contributed by atoms with van der Waals surface area (Å²) in [5.41, 5.74) is 4.91. The molecule has 4 N–H and O–H groups in total. The number of hydrogen-bond acceptors (Lipinski definition) is 5. The van der Waals surface area contributed by atoms with Gasteiger partial charge in [0.05, 0.1) is 0 Å². The summed E-state index contributed by atoms with van der Waals surface area (Å²) in [6.45, 7) is 3.98. The van der Waals surface area contributed by atoms with Gasteiger partial charge in [-0.2, -0.15) is 0 Å². The topological polar surface area (TPSA) is 102 Å². The SMILES string of the molecule is CCCOCCCNc1c(N)n(C)c(=O)[nH]c1=O. The zero-order chi connectivity index (χ0) is 13.5. The van der Waals surface area contributed by atoms with Crippen LogP contribution in [0.1, 0.15) is 19.8 Å². The van der Waals surface area contributed by atoms with Gasteiger partial charge in [0.15, 0.2) is 0 Å². The number of aromatic nitrogens is 2. The van der Waals surface area contributed by atoms with Gasteiger partial charge >= 0.3 is 5.69 Å². The number of nitrogens with zero attached hydrogens (tertiary/aromatic N) is 1. The molecule has 0 atom stereocenters. The maximum atomic E-state index is 11.5. The van der Waals surface area contributed by atoms with Crippen LogP contribution in [-0.2, 0) is 11.8 Å². The van der Waals surface area contributed by atoms with E-state index in [0.717, 1.165) is 19.4 Å². The van der Waals surface area contributed by atoms with Crippen LogP contribution in [0.2, 0.25) is 0 Å². The Morgan fingerprint density at radius 3 is 2.78 bits per heavy atom. The van der Waals surface area contributed by atoms with Crippen LogP contribution in [0.3, 0.4) is 0 Å². The summed E-state index contributed by atoms with van der Waals surface area (Å²) in [5, 5.41) is 2.92. The van der Waals surface area contributed by atoms with Crippen LogP contribution < -0.4 is 22.3 Å². The van der Waals surface area contributed by atoms with Gasteiger partial charge in [-0.1, -0.05) is 6.92 Å². The average Bonchev–Trinajstić information content (AvgIpc) is 2.34. The minimum absolute atomic E-state index is 0.137. The Morgan fingerprint density at radius 2 is 2.11 bits per heavy atom. The van der Waals surface area contributed by atoms with Crippen molar-refractivity contribution in [3.8, 4) is 0 Å². The van der Waals surface area contributed by atoms with Crippen molar-refractivity contribution in [2.45, 2.75) is 19.8 Å². The molecule has 1 rings (SSSR count). The van der Waals surface area contributed by atoms with Gasteiger partial charge in [0.2, 0.25) is 0 Å². The van der Waals surface area contributed by atoms with E-state index < -0.39 is 11.2 Å². The number of anilines is 2. The number of aromatic amines is 1. The lowest BCUT2D eigenvalue weighted by Crippen LogP contribution is -2.32. The predicted molar refractivity (Wildman–Crippen MR) is 70.9 cm³/mol. The zero-order valence-electron chi connectivity index (χ0n) is 10.8. The van der Waals surface area contributed by atoms with E-state index in [9.17, 15) is 9.59 Å². The molecule has 0 aliphatic heterocycles. The van der Waals surface area contributed by atoms with Crippen molar-refractivity contribution < 1.29 is 4.74 Å². The van der Waals surface area contributed by atoms with Gasteiger partial charge in [0.1, 0.15) is 11.5 Å². The molecule has 0 saturated heterocycles. The highest BCUT2D eigenvalue weighted by Gasteiger charge is 2.08. The number of nitrogen functional groups attached to an aromatic ring is 1. The second-order valence-corrected chi connectivity index (χ2v) is 3.97. The lowest BCUT2D eigenvalue weighted by molar-refractivity contribution is 0.134. The summed E-state index contributed by atoms with van der Waals surface area (Å²) in [5.74, 6) is 0.137. The second-order valence-electron chi connectivity index (χ2n) is 3.97. The van der Waals surface area contributed by atoms with Crippen molar-refractivity contribution in [2.24, 2.45) is 7.05 Å². The Morgan fingerprint density at radius 1 is 1.39 bits per heavy atom. The van der Waals surface area contributed by atoms with Crippen LogP contribution in [0.15, 0.2) is 9.59 Å². The maximum absolute atomic E-state index is 11.5. The average molecular weight is 256 g/mol. The first-order valence-corrected chi connectivity index (χ1v) is 5.98. The molecule has 18 heavy (non-hydrogen) atoms. The number of ether oxygens (including phenoxy) is 1. The molecule has 102 valence electrons. The largest absolute Gasteiger partial charge is 0.383 e. The van der Waals surface area contributed by atoms with Gasteiger partial charge in [0, 0.05) is 26.8 Å². The van der Waals surface area contributed by atoms with Gasteiger partial charge in [-0.25, -0.2) is 4.79 Å². The standard InChI is InChI=1S/C11H20N4O3/c1-3-6-18-7-4-5-13-8-9(12)15(2)11(17)14-10(8)16/h13H,3-7,12H2,1-2H3,(H,14,16,17). The highest BCUT2D eigenvalue weighted by atomic mass is 16.5. The molecule has 0 saturated carbocycles. The van der Waals surface area contributed by atoms with Crippen molar-refractivity contribution in [3.63, 3.8) is 0 Å².